The fourth-order valence-corrected chi connectivity index (χ4v) is 2.87. The topological polar surface area (TPSA) is 29.5 Å². The summed E-state index contributed by atoms with van der Waals surface area (Å²) in [7, 11) is 0. The van der Waals surface area contributed by atoms with Crippen molar-refractivity contribution in [2.75, 3.05) is 19.7 Å². The zero-order valence-electron chi connectivity index (χ0n) is 13.6. The highest BCUT2D eigenvalue weighted by Crippen LogP contribution is 2.22. The van der Waals surface area contributed by atoms with Crippen LogP contribution < -0.4 is 4.74 Å². The minimum absolute atomic E-state index is 0.0871. The van der Waals surface area contributed by atoms with Crippen molar-refractivity contribution in [1.29, 1.82) is 0 Å². The predicted molar refractivity (Wildman–Crippen MR) is 92.4 cm³/mol. The van der Waals surface area contributed by atoms with Gasteiger partial charge in [0, 0.05) is 13.1 Å². The molecule has 1 amide bonds. The molecule has 0 aromatic heterocycles. The number of hydrogen-bond donors (Lipinski definition) is 0. The van der Waals surface area contributed by atoms with Crippen molar-refractivity contribution in [3.63, 3.8) is 0 Å². The quantitative estimate of drug-likeness (QED) is 0.854. The zero-order valence-corrected chi connectivity index (χ0v) is 13.6. The zero-order chi connectivity index (χ0) is 16.1. The second-order valence-corrected chi connectivity index (χ2v) is 6.24. The first kappa shape index (κ1) is 15.6. The molecule has 0 aliphatic carbocycles. The Morgan fingerprint density at radius 3 is 2.26 bits per heavy atom. The largest absolute Gasteiger partial charge is 0.484 e. The van der Waals surface area contributed by atoms with Crippen molar-refractivity contribution in [3.8, 4) is 16.9 Å². The lowest BCUT2D eigenvalue weighted by Crippen LogP contribution is -2.40. The predicted octanol–water partition coefficient (Wildman–Crippen LogP) is 3.99. The fraction of sp³-hybridized carbons (Fsp3) is 0.350. The van der Waals surface area contributed by atoms with E-state index in [1.165, 1.54) is 5.56 Å². The second-order valence-electron chi connectivity index (χ2n) is 6.24. The van der Waals surface area contributed by atoms with E-state index in [1.54, 1.807) is 0 Å². The fourth-order valence-electron chi connectivity index (χ4n) is 2.87. The first-order valence-corrected chi connectivity index (χ1v) is 8.28. The second kappa shape index (κ2) is 7.32. The highest BCUT2D eigenvalue weighted by atomic mass is 16.5. The number of amides is 1. The molecule has 0 bridgehead atoms. The molecule has 2 aromatic rings. The Morgan fingerprint density at radius 2 is 1.61 bits per heavy atom. The lowest BCUT2D eigenvalue weighted by Gasteiger charge is -2.30. The Bertz CT molecular complexity index is 628. The molecule has 120 valence electrons. The highest BCUT2D eigenvalue weighted by molar-refractivity contribution is 5.77. The van der Waals surface area contributed by atoms with Crippen LogP contribution in [0.2, 0.25) is 0 Å². The molecular formula is C20H23NO2. The van der Waals surface area contributed by atoms with Gasteiger partial charge in [0.15, 0.2) is 6.61 Å². The standard InChI is InChI=1S/C20H23NO2/c1-16-11-13-21(14-12-16)20(22)15-23-19-9-7-18(8-10-19)17-5-3-2-4-6-17/h2-10,16H,11-15H2,1H3. The SMILES string of the molecule is CC1CCN(C(=O)COc2ccc(-c3ccccc3)cc2)CC1. The molecule has 0 atom stereocenters. The van der Waals surface area contributed by atoms with Gasteiger partial charge in [-0.1, -0.05) is 49.4 Å². The lowest BCUT2D eigenvalue weighted by molar-refractivity contribution is -0.134. The molecule has 0 radical (unpaired) electrons. The summed E-state index contributed by atoms with van der Waals surface area (Å²) in [5, 5.41) is 0. The molecule has 3 rings (SSSR count). The average Bonchev–Trinajstić information content (AvgIpc) is 2.61. The van der Waals surface area contributed by atoms with Crippen LogP contribution in [0.1, 0.15) is 19.8 Å². The van der Waals surface area contributed by atoms with E-state index in [1.807, 2.05) is 47.4 Å². The molecule has 1 heterocycles. The van der Waals surface area contributed by atoms with E-state index in [0.717, 1.165) is 43.2 Å². The number of carbonyl (C=O) groups is 1. The molecule has 1 saturated heterocycles. The maximum atomic E-state index is 12.2. The third-order valence-corrected chi connectivity index (χ3v) is 4.46. The van der Waals surface area contributed by atoms with Gasteiger partial charge in [0.05, 0.1) is 0 Å². The molecule has 0 unspecified atom stereocenters. The van der Waals surface area contributed by atoms with Crippen LogP contribution >= 0.6 is 0 Å². The number of piperidine rings is 1. The van der Waals surface area contributed by atoms with Gasteiger partial charge in [-0.2, -0.15) is 0 Å². The average molecular weight is 309 g/mol. The van der Waals surface area contributed by atoms with Crippen LogP contribution in [-0.2, 0) is 4.79 Å². The van der Waals surface area contributed by atoms with Crippen LogP contribution in [0.5, 0.6) is 5.75 Å². The van der Waals surface area contributed by atoms with E-state index in [-0.39, 0.29) is 12.5 Å². The number of likely N-dealkylation sites (tertiary alicyclic amines) is 1. The first-order chi connectivity index (χ1) is 11.2. The first-order valence-electron chi connectivity index (χ1n) is 8.28. The Kier molecular flexibility index (Phi) is 4.96. The van der Waals surface area contributed by atoms with E-state index in [9.17, 15) is 4.79 Å². The minimum atomic E-state index is 0.0871. The maximum absolute atomic E-state index is 12.2. The molecule has 2 aromatic carbocycles. The van der Waals surface area contributed by atoms with E-state index < -0.39 is 0 Å². The van der Waals surface area contributed by atoms with Gasteiger partial charge in [-0.05, 0) is 42.0 Å². The summed E-state index contributed by atoms with van der Waals surface area (Å²) in [4.78, 5) is 14.1. The van der Waals surface area contributed by atoms with Gasteiger partial charge in [-0.25, -0.2) is 0 Å². The van der Waals surface area contributed by atoms with E-state index in [2.05, 4.69) is 19.1 Å². The van der Waals surface area contributed by atoms with Gasteiger partial charge in [0.2, 0.25) is 0 Å². The normalized spacial score (nSPS) is 15.4. The minimum Gasteiger partial charge on any atom is -0.484 e. The third-order valence-electron chi connectivity index (χ3n) is 4.46. The summed E-state index contributed by atoms with van der Waals surface area (Å²) >= 11 is 0. The molecule has 1 fully saturated rings. The van der Waals surface area contributed by atoms with E-state index in [4.69, 9.17) is 4.74 Å². The maximum Gasteiger partial charge on any atom is 0.260 e. The summed E-state index contributed by atoms with van der Waals surface area (Å²) in [6.45, 7) is 4.08. The molecule has 0 saturated carbocycles. The van der Waals surface area contributed by atoms with E-state index in [0.29, 0.717) is 0 Å². The van der Waals surface area contributed by atoms with Crippen molar-refractivity contribution in [2.45, 2.75) is 19.8 Å². The Hall–Kier alpha value is -2.29. The molecule has 23 heavy (non-hydrogen) atoms. The number of ether oxygens (including phenoxy) is 1. The number of carbonyl (C=O) groups excluding carboxylic acids is 1. The Labute approximate surface area is 137 Å². The number of hydrogen-bond acceptors (Lipinski definition) is 2. The van der Waals surface area contributed by atoms with Crippen molar-refractivity contribution < 1.29 is 9.53 Å². The van der Waals surface area contributed by atoms with E-state index >= 15 is 0 Å². The molecule has 3 heteroatoms. The summed E-state index contributed by atoms with van der Waals surface area (Å²) < 4.78 is 5.65. The molecule has 0 spiro atoms. The van der Waals surface area contributed by atoms with Gasteiger partial charge < -0.3 is 9.64 Å². The van der Waals surface area contributed by atoms with Crippen LogP contribution in [-0.4, -0.2) is 30.5 Å². The van der Waals surface area contributed by atoms with Crippen LogP contribution in [0.15, 0.2) is 54.6 Å². The van der Waals surface area contributed by atoms with Crippen molar-refractivity contribution in [3.05, 3.63) is 54.6 Å². The van der Waals surface area contributed by atoms with Crippen LogP contribution in [0, 0.1) is 5.92 Å². The summed E-state index contributed by atoms with van der Waals surface area (Å²) in [6.07, 6.45) is 2.19. The molecule has 0 N–H and O–H groups in total. The summed E-state index contributed by atoms with van der Waals surface area (Å²) in [6, 6.07) is 18.1. The number of benzene rings is 2. The van der Waals surface area contributed by atoms with Crippen molar-refractivity contribution >= 4 is 5.91 Å². The van der Waals surface area contributed by atoms with Crippen LogP contribution in [0.3, 0.4) is 0 Å². The Balaban J connectivity index is 1.53. The summed E-state index contributed by atoms with van der Waals surface area (Å²) in [5.41, 5.74) is 2.33. The van der Waals surface area contributed by atoms with Crippen LogP contribution in [0.25, 0.3) is 11.1 Å². The Morgan fingerprint density at radius 1 is 1.00 bits per heavy atom. The van der Waals surface area contributed by atoms with Gasteiger partial charge >= 0.3 is 0 Å². The monoisotopic (exact) mass is 309 g/mol. The van der Waals surface area contributed by atoms with Crippen molar-refractivity contribution in [2.24, 2.45) is 5.92 Å². The highest BCUT2D eigenvalue weighted by Gasteiger charge is 2.20. The molecular weight excluding hydrogens is 286 g/mol. The molecule has 3 nitrogen and oxygen atoms in total. The third kappa shape index (κ3) is 4.13. The smallest absolute Gasteiger partial charge is 0.260 e. The number of nitrogens with zero attached hydrogens (tertiary/aromatic N) is 1. The summed E-state index contributed by atoms with van der Waals surface area (Å²) in [5.74, 6) is 1.55. The van der Waals surface area contributed by atoms with Gasteiger partial charge in [-0.15, -0.1) is 0 Å². The van der Waals surface area contributed by atoms with Crippen LogP contribution in [0.4, 0.5) is 0 Å². The van der Waals surface area contributed by atoms with Gasteiger partial charge in [0.25, 0.3) is 5.91 Å². The van der Waals surface area contributed by atoms with Gasteiger partial charge in [-0.3, -0.25) is 4.79 Å². The number of rotatable bonds is 4. The lowest BCUT2D eigenvalue weighted by atomic mass is 9.99. The molecule has 1 aliphatic heterocycles. The van der Waals surface area contributed by atoms with Gasteiger partial charge in [0.1, 0.15) is 5.75 Å². The van der Waals surface area contributed by atoms with Crippen molar-refractivity contribution in [1.82, 2.24) is 4.90 Å². The molecule has 1 aliphatic rings.